The van der Waals surface area contributed by atoms with Crippen molar-refractivity contribution in [3.63, 3.8) is 0 Å². The summed E-state index contributed by atoms with van der Waals surface area (Å²) in [6.45, 7) is 0. The molecule has 0 saturated heterocycles. The predicted octanol–water partition coefficient (Wildman–Crippen LogP) is 16.2. The van der Waals surface area contributed by atoms with Gasteiger partial charge in [0, 0.05) is 50.3 Å². The maximum absolute atomic E-state index is 9.59. The first-order chi connectivity index (χ1) is 32.0. The third kappa shape index (κ3) is 6.59. The molecule has 288 valence electrons. The van der Waals surface area contributed by atoms with E-state index < -0.39 is 0 Å². The highest BCUT2D eigenvalue weighted by Crippen LogP contribution is 2.44. The minimum Gasteiger partial charge on any atom is -0.311 e. The fraction of sp³-hybridized carbons (Fsp3) is 0. The van der Waals surface area contributed by atoms with Gasteiger partial charge in [-0.15, -0.1) is 0 Å². The van der Waals surface area contributed by atoms with Gasteiger partial charge in [-0.3, -0.25) is 0 Å². The van der Waals surface area contributed by atoms with Crippen molar-refractivity contribution in [2.24, 2.45) is 0 Å². The maximum Gasteiger partial charge on any atom is 0.0645 e. The number of hydrogen-bond acceptors (Lipinski definition) is 2. The molecule has 10 aromatic carbocycles. The lowest BCUT2D eigenvalue weighted by Gasteiger charge is -2.28. The van der Waals surface area contributed by atoms with Crippen LogP contribution in [-0.4, -0.2) is 4.57 Å². The summed E-state index contributed by atoms with van der Waals surface area (Å²) in [5.74, 6) is 0. The molecule has 0 N–H and O–H groups in total. The summed E-state index contributed by atoms with van der Waals surface area (Å²) in [5, 5.41) is 4.04. The first-order valence-corrected chi connectivity index (χ1v) is 20.5. The van der Waals surface area contributed by atoms with Crippen LogP contribution in [-0.2, 0) is 0 Å². The topological polar surface area (TPSA) is 11.4 Å². The third-order valence-electron chi connectivity index (χ3n) is 11.4. The van der Waals surface area contributed by atoms with E-state index in [1.54, 1.807) is 4.90 Å². The molecule has 0 aliphatic heterocycles. The summed E-state index contributed by atoms with van der Waals surface area (Å²) >= 11 is 0. The van der Waals surface area contributed by atoms with Crippen molar-refractivity contribution in [1.29, 1.82) is 0 Å². The fourth-order valence-corrected chi connectivity index (χ4v) is 8.63. The van der Waals surface area contributed by atoms with Crippen LogP contribution >= 0.6 is 0 Å². The summed E-state index contributed by atoms with van der Waals surface area (Å²) in [6, 6.07) is 75.5. The average Bonchev–Trinajstić information content (AvgIpc) is 3.70. The molecule has 11 rings (SSSR count). The molecule has 0 fully saturated rings. The highest BCUT2D eigenvalue weighted by Gasteiger charge is 2.20. The second kappa shape index (κ2) is 15.6. The van der Waals surface area contributed by atoms with Gasteiger partial charge in [-0.05, 0) is 113 Å². The number of benzene rings is 10. The molecule has 0 unspecified atom stereocenters. The largest absolute Gasteiger partial charge is 0.311 e. The van der Waals surface area contributed by atoms with Gasteiger partial charge in [0.25, 0.3) is 0 Å². The van der Waals surface area contributed by atoms with E-state index in [1.165, 1.54) is 5.39 Å². The number of nitrogens with zero attached hydrogens (tertiary/aromatic N) is 3. The summed E-state index contributed by atoms with van der Waals surface area (Å²) in [4.78, 5) is 4.09. The molecular formula is C58H41N3. The highest BCUT2D eigenvalue weighted by molar-refractivity contribution is 6.11. The lowest BCUT2D eigenvalue weighted by Crippen LogP contribution is -2.11. The Morgan fingerprint density at radius 3 is 1.54 bits per heavy atom. The van der Waals surface area contributed by atoms with Crippen molar-refractivity contribution in [1.82, 2.24) is 4.57 Å². The molecule has 3 nitrogen and oxygen atoms in total. The number of para-hydroxylation sites is 4. The predicted molar refractivity (Wildman–Crippen MR) is 259 cm³/mol. The minimum atomic E-state index is -0.121. The highest BCUT2D eigenvalue weighted by atomic mass is 15.1. The van der Waals surface area contributed by atoms with Gasteiger partial charge in [-0.25, -0.2) is 0 Å². The molecule has 0 radical (unpaired) electrons. The van der Waals surface area contributed by atoms with Crippen molar-refractivity contribution in [2.45, 2.75) is 0 Å². The van der Waals surface area contributed by atoms with E-state index in [-0.39, 0.29) is 35.4 Å². The number of hydrogen-bond donors (Lipinski definition) is 0. The van der Waals surface area contributed by atoms with E-state index in [2.05, 4.69) is 137 Å². The Morgan fingerprint density at radius 1 is 0.311 bits per heavy atom. The average molecular weight is 784 g/mol. The molecule has 1 aromatic heterocycles. The van der Waals surface area contributed by atoms with Gasteiger partial charge < -0.3 is 14.4 Å². The molecule has 3 heteroatoms. The molecule has 1 heterocycles. The molecule has 0 spiro atoms. The third-order valence-corrected chi connectivity index (χ3v) is 11.4. The second-order valence-corrected chi connectivity index (χ2v) is 15.0. The molecular weight excluding hydrogens is 739 g/mol. The molecule has 61 heavy (non-hydrogen) atoms. The summed E-state index contributed by atoms with van der Waals surface area (Å²) in [6.07, 6.45) is 0. The smallest absolute Gasteiger partial charge is 0.0645 e. The van der Waals surface area contributed by atoms with Crippen molar-refractivity contribution in [2.75, 3.05) is 9.80 Å². The Hall–Kier alpha value is -8.14. The Morgan fingerprint density at radius 2 is 0.836 bits per heavy atom. The number of anilines is 6. The summed E-state index contributed by atoms with van der Waals surface area (Å²) in [5.41, 5.74) is 10.9. The van der Waals surface area contributed by atoms with Gasteiger partial charge in [-0.1, -0.05) is 164 Å². The second-order valence-electron chi connectivity index (χ2n) is 15.0. The molecule has 0 aliphatic carbocycles. The van der Waals surface area contributed by atoms with Crippen LogP contribution in [0.15, 0.2) is 249 Å². The monoisotopic (exact) mass is 783 g/mol. The standard InChI is InChI=1S/C58H41N3/c1-5-17-42(18-6-1)43-31-35-49(36-32-43)60(50-39-40-55-54-25-13-14-29-57(54)61(58(55)41-50)47-23-11-4-12-24-47)56-30-16-27-52-51(26-15-28-53(52)56)44-33-37-48(38-34-44)59(45-19-7-2-8-20-45)46-21-9-3-10-22-46/h1-41H/i33D,34D,37D,38D. The lowest BCUT2D eigenvalue weighted by molar-refractivity contribution is 1.18. The van der Waals surface area contributed by atoms with Crippen LogP contribution in [0.3, 0.4) is 0 Å². The van der Waals surface area contributed by atoms with E-state index in [9.17, 15) is 5.48 Å². The van der Waals surface area contributed by atoms with Crippen LogP contribution in [0.1, 0.15) is 5.48 Å². The molecule has 0 bridgehead atoms. The maximum atomic E-state index is 9.59. The van der Waals surface area contributed by atoms with Gasteiger partial charge in [0.15, 0.2) is 0 Å². The van der Waals surface area contributed by atoms with E-state index in [1.807, 2.05) is 97.1 Å². The lowest BCUT2D eigenvalue weighted by atomic mass is 9.96. The SMILES string of the molecule is [2H]c1c([2H])c(N(c2ccccc2)c2ccccc2)c([2H])c([2H])c1-c1cccc2c(N(c3ccc(-c4ccccc4)cc3)c3ccc4c5ccccc5n(-c5ccccc5)c4c3)cccc12. The number of rotatable bonds is 9. The Kier molecular flexibility index (Phi) is 8.11. The zero-order valence-electron chi connectivity index (χ0n) is 37.2. The first-order valence-electron chi connectivity index (χ1n) is 22.5. The van der Waals surface area contributed by atoms with Crippen LogP contribution in [0.2, 0.25) is 0 Å². The van der Waals surface area contributed by atoms with Crippen molar-refractivity contribution in [3.8, 4) is 27.9 Å². The minimum absolute atomic E-state index is 0.108. The van der Waals surface area contributed by atoms with Crippen molar-refractivity contribution < 1.29 is 5.48 Å². The Balaban J connectivity index is 1.12. The molecule has 0 atom stereocenters. The molecule has 0 aliphatic rings. The van der Waals surface area contributed by atoms with E-state index in [0.717, 1.165) is 72.4 Å². The zero-order chi connectivity index (χ0) is 44.0. The van der Waals surface area contributed by atoms with Gasteiger partial charge in [0.2, 0.25) is 0 Å². The van der Waals surface area contributed by atoms with Crippen LogP contribution in [0, 0.1) is 0 Å². The number of fused-ring (bicyclic) bond motifs is 4. The Bertz CT molecular complexity index is 3450. The van der Waals surface area contributed by atoms with Crippen LogP contribution in [0.25, 0.3) is 60.5 Å². The fourth-order valence-electron chi connectivity index (χ4n) is 8.63. The van der Waals surface area contributed by atoms with Crippen LogP contribution in [0.5, 0.6) is 0 Å². The Labute approximate surface area is 361 Å². The zero-order valence-corrected chi connectivity index (χ0v) is 33.2. The van der Waals surface area contributed by atoms with Gasteiger partial charge in [0.05, 0.1) is 22.2 Å². The van der Waals surface area contributed by atoms with Gasteiger partial charge >= 0.3 is 0 Å². The van der Waals surface area contributed by atoms with E-state index >= 15 is 0 Å². The molecule has 0 amide bonds. The van der Waals surface area contributed by atoms with E-state index in [4.69, 9.17) is 0 Å². The number of aromatic nitrogens is 1. The summed E-state index contributed by atoms with van der Waals surface area (Å²) in [7, 11) is 0. The van der Waals surface area contributed by atoms with Crippen LogP contribution < -0.4 is 9.80 Å². The molecule has 11 aromatic rings. The van der Waals surface area contributed by atoms with Gasteiger partial charge in [-0.2, -0.15) is 0 Å². The van der Waals surface area contributed by atoms with Crippen LogP contribution in [0.4, 0.5) is 34.1 Å². The van der Waals surface area contributed by atoms with Crippen molar-refractivity contribution in [3.05, 3.63) is 249 Å². The first kappa shape index (κ1) is 31.8. The van der Waals surface area contributed by atoms with Crippen molar-refractivity contribution >= 4 is 66.7 Å². The summed E-state index contributed by atoms with van der Waals surface area (Å²) < 4.78 is 40.5. The van der Waals surface area contributed by atoms with Gasteiger partial charge in [0.1, 0.15) is 0 Å². The molecule has 0 saturated carbocycles. The van der Waals surface area contributed by atoms with E-state index in [0.29, 0.717) is 5.56 Å². The normalized spacial score (nSPS) is 12.2. The quantitative estimate of drug-likeness (QED) is 0.144.